The number of hydrogen-bond acceptors (Lipinski definition) is 3. The van der Waals surface area contributed by atoms with E-state index in [2.05, 4.69) is 11.4 Å². The second-order valence-corrected chi connectivity index (χ2v) is 6.95. The highest BCUT2D eigenvalue weighted by Crippen LogP contribution is 2.28. The summed E-state index contributed by atoms with van der Waals surface area (Å²) in [5.41, 5.74) is 3.88. The smallest absolute Gasteiger partial charge is 0.258 e. The van der Waals surface area contributed by atoms with Crippen molar-refractivity contribution in [3.8, 4) is 5.75 Å². The third-order valence-electron chi connectivity index (χ3n) is 5.08. The van der Waals surface area contributed by atoms with Crippen LogP contribution >= 0.6 is 0 Å². The molecule has 0 bridgehead atoms. The van der Waals surface area contributed by atoms with Crippen molar-refractivity contribution in [2.24, 2.45) is 0 Å². The van der Waals surface area contributed by atoms with Crippen LogP contribution in [0, 0.1) is 0 Å². The molecule has 0 fully saturated rings. The van der Waals surface area contributed by atoms with Gasteiger partial charge in [-0.3, -0.25) is 9.59 Å². The van der Waals surface area contributed by atoms with E-state index in [9.17, 15) is 9.59 Å². The maximum atomic E-state index is 13.0. The lowest BCUT2D eigenvalue weighted by Crippen LogP contribution is -2.35. The molecule has 1 N–H and O–H groups in total. The number of methoxy groups -OCH3 is 1. The number of carbonyl (C=O) groups is 2. The second-order valence-electron chi connectivity index (χ2n) is 6.95. The summed E-state index contributed by atoms with van der Waals surface area (Å²) in [5.74, 6) is 0.392. The Kier molecular flexibility index (Phi) is 5.29. The fraction of sp³-hybridized carbons (Fsp3) is 0.167. The molecule has 0 spiro atoms. The molecule has 0 atom stereocenters. The first-order valence-corrected chi connectivity index (χ1v) is 9.61. The van der Waals surface area contributed by atoms with Gasteiger partial charge in [0, 0.05) is 35.1 Å². The molecule has 146 valence electrons. The number of nitrogens with zero attached hydrogens (tertiary/aromatic N) is 1. The van der Waals surface area contributed by atoms with Crippen LogP contribution in [0.3, 0.4) is 0 Å². The molecule has 1 aliphatic heterocycles. The summed E-state index contributed by atoms with van der Waals surface area (Å²) in [4.78, 5) is 27.4. The van der Waals surface area contributed by atoms with E-state index in [1.165, 1.54) is 5.56 Å². The van der Waals surface area contributed by atoms with E-state index in [1.807, 2.05) is 35.2 Å². The van der Waals surface area contributed by atoms with Crippen LogP contribution in [0.25, 0.3) is 0 Å². The average molecular weight is 386 g/mol. The molecule has 2 amide bonds. The minimum Gasteiger partial charge on any atom is -0.497 e. The SMILES string of the molecule is COc1cccc(NC(=O)c2ccc(C(=O)N3CCCc4ccccc43)cc2)c1. The Balaban J connectivity index is 1.49. The molecule has 5 nitrogen and oxygen atoms in total. The highest BCUT2D eigenvalue weighted by atomic mass is 16.5. The zero-order valence-electron chi connectivity index (χ0n) is 16.2. The van der Waals surface area contributed by atoms with E-state index < -0.39 is 0 Å². The van der Waals surface area contributed by atoms with Gasteiger partial charge in [-0.2, -0.15) is 0 Å². The van der Waals surface area contributed by atoms with Crippen LogP contribution in [0.1, 0.15) is 32.7 Å². The number of aryl methyl sites for hydroxylation is 1. The molecular weight excluding hydrogens is 364 g/mol. The maximum absolute atomic E-state index is 13.0. The van der Waals surface area contributed by atoms with Gasteiger partial charge in [0.15, 0.2) is 0 Å². The fourth-order valence-electron chi connectivity index (χ4n) is 3.57. The van der Waals surface area contributed by atoms with Gasteiger partial charge in [-0.1, -0.05) is 24.3 Å². The number of para-hydroxylation sites is 1. The molecular formula is C24H22N2O3. The van der Waals surface area contributed by atoms with Gasteiger partial charge in [0.2, 0.25) is 0 Å². The Morgan fingerprint density at radius 2 is 1.69 bits per heavy atom. The minimum absolute atomic E-state index is 0.0445. The summed E-state index contributed by atoms with van der Waals surface area (Å²) < 4.78 is 5.17. The Bertz CT molecular complexity index is 1040. The molecule has 0 unspecified atom stereocenters. The van der Waals surface area contributed by atoms with Gasteiger partial charge in [0.05, 0.1) is 7.11 Å². The first kappa shape index (κ1) is 18.7. The summed E-state index contributed by atoms with van der Waals surface area (Å²) >= 11 is 0. The molecule has 5 heteroatoms. The number of fused-ring (bicyclic) bond motifs is 1. The van der Waals surface area contributed by atoms with E-state index in [0.29, 0.717) is 29.1 Å². The molecule has 0 aromatic heterocycles. The summed E-state index contributed by atoms with van der Waals surface area (Å²) in [6.45, 7) is 0.702. The number of ether oxygens (including phenoxy) is 1. The zero-order chi connectivity index (χ0) is 20.2. The van der Waals surface area contributed by atoms with Crippen molar-refractivity contribution in [1.82, 2.24) is 0 Å². The van der Waals surface area contributed by atoms with Crippen molar-refractivity contribution in [2.75, 3.05) is 23.9 Å². The van der Waals surface area contributed by atoms with Gasteiger partial charge in [-0.05, 0) is 60.9 Å². The van der Waals surface area contributed by atoms with Crippen LogP contribution in [0.2, 0.25) is 0 Å². The van der Waals surface area contributed by atoms with Gasteiger partial charge in [0.25, 0.3) is 11.8 Å². The summed E-state index contributed by atoms with van der Waals surface area (Å²) in [7, 11) is 1.58. The lowest BCUT2D eigenvalue weighted by Gasteiger charge is -2.29. The number of amides is 2. The summed E-state index contributed by atoms with van der Waals surface area (Å²) in [6, 6.07) is 22.0. The number of hydrogen-bond donors (Lipinski definition) is 1. The Labute approximate surface area is 169 Å². The van der Waals surface area contributed by atoms with Crippen molar-refractivity contribution < 1.29 is 14.3 Å². The Hall–Kier alpha value is -3.60. The van der Waals surface area contributed by atoms with Crippen molar-refractivity contribution in [1.29, 1.82) is 0 Å². The third-order valence-corrected chi connectivity index (χ3v) is 5.08. The van der Waals surface area contributed by atoms with Gasteiger partial charge in [0.1, 0.15) is 5.75 Å². The quantitative estimate of drug-likeness (QED) is 0.716. The number of anilines is 2. The molecule has 3 aromatic carbocycles. The number of carbonyl (C=O) groups excluding carboxylic acids is 2. The van der Waals surface area contributed by atoms with Crippen molar-refractivity contribution in [3.05, 3.63) is 89.5 Å². The standard InChI is InChI=1S/C24H22N2O3/c1-29-21-9-4-8-20(16-21)25-23(27)18-11-13-19(14-12-18)24(28)26-15-5-7-17-6-2-3-10-22(17)26/h2-4,6,8-14,16H,5,7,15H2,1H3,(H,25,27). The van der Waals surface area contributed by atoms with E-state index in [1.54, 1.807) is 43.5 Å². The predicted octanol–water partition coefficient (Wildman–Crippen LogP) is 4.54. The third kappa shape index (κ3) is 3.99. The second kappa shape index (κ2) is 8.19. The first-order chi connectivity index (χ1) is 14.2. The number of nitrogens with one attached hydrogen (secondary N) is 1. The van der Waals surface area contributed by atoms with Crippen LogP contribution in [0.4, 0.5) is 11.4 Å². The van der Waals surface area contributed by atoms with Crippen LogP contribution in [-0.2, 0) is 6.42 Å². The lowest BCUT2D eigenvalue weighted by molar-refractivity contribution is 0.0982. The van der Waals surface area contributed by atoms with Gasteiger partial charge < -0.3 is 15.0 Å². The first-order valence-electron chi connectivity index (χ1n) is 9.61. The molecule has 3 aromatic rings. The highest BCUT2D eigenvalue weighted by Gasteiger charge is 2.23. The Morgan fingerprint density at radius 3 is 2.48 bits per heavy atom. The summed E-state index contributed by atoms with van der Waals surface area (Å²) in [5, 5.41) is 2.84. The topological polar surface area (TPSA) is 58.6 Å². The van der Waals surface area contributed by atoms with Crippen LogP contribution < -0.4 is 15.0 Å². The number of benzene rings is 3. The van der Waals surface area contributed by atoms with Gasteiger partial charge in [-0.15, -0.1) is 0 Å². The molecule has 0 saturated carbocycles. The molecule has 0 saturated heterocycles. The molecule has 0 radical (unpaired) electrons. The molecule has 1 heterocycles. The number of rotatable bonds is 4. The van der Waals surface area contributed by atoms with Crippen LogP contribution in [-0.4, -0.2) is 25.5 Å². The van der Waals surface area contributed by atoms with Crippen molar-refractivity contribution >= 4 is 23.2 Å². The van der Waals surface area contributed by atoms with Crippen molar-refractivity contribution in [3.63, 3.8) is 0 Å². The predicted molar refractivity (Wildman–Crippen MR) is 114 cm³/mol. The van der Waals surface area contributed by atoms with Crippen molar-refractivity contribution in [2.45, 2.75) is 12.8 Å². The lowest BCUT2D eigenvalue weighted by atomic mass is 10.0. The molecule has 29 heavy (non-hydrogen) atoms. The minimum atomic E-state index is -0.236. The van der Waals surface area contributed by atoms with Gasteiger partial charge in [-0.25, -0.2) is 0 Å². The normalized spacial score (nSPS) is 12.8. The van der Waals surface area contributed by atoms with Crippen LogP contribution in [0.15, 0.2) is 72.8 Å². The zero-order valence-corrected chi connectivity index (χ0v) is 16.2. The fourth-order valence-corrected chi connectivity index (χ4v) is 3.57. The van der Waals surface area contributed by atoms with E-state index >= 15 is 0 Å². The molecule has 1 aliphatic rings. The molecule has 4 rings (SSSR count). The average Bonchev–Trinajstić information content (AvgIpc) is 2.78. The van der Waals surface area contributed by atoms with Crippen LogP contribution in [0.5, 0.6) is 5.75 Å². The van der Waals surface area contributed by atoms with E-state index in [0.717, 1.165) is 18.5 Å². The molecule has 0 aliphatic carbocycles. The van der Waals surface area contributed by atoms with E-state index in [-0.39, 0.29) is 11.8 Å². The maximum Gasteiger partial charge on any atom is 0.258 e. The Morgan fingerprint density at radius 1 is 0.931 bits per heavy atom. The van der Waals surface area contributed by atoms with Gasteiger partial charge >= 0.3 is 0 Å². The largest absolute Gasteiger partial charge is 0.497 e. The summed E-state index contributed by atoms with van der Waals surface area (Å²) in [6.07, 6.45) is 1.94. The van der Waals surface area contributed by atoms with E-state index in [4.69, 9.17) is 4.74 Å². The monoisotopic (exact) mass is 386 g/mol. The highest BCUT2D eigenvalue weighted by molar-refractivity contribution is 6.08.